The minimum atomic E-state index is -0.0630. The molecule has 0 fully saturated rings. The lowest BCUT2D eigenvalue weighted by Gasteiger charge is -2.18. The molecule has 0 aliphatic carbocycles. The van der Waals surface area contributed by atoms with Crippen LogP contribution in [-0.4, -0.2) is 11.6 Å². The molecule has 0 saturated heterocycles. The molecule has 0 aliphatic rings. The summed E-state index contributed by atoms with van der Waals surface area (Å²) in [5.74, 6) is -0.00435. The van der Waals surface area contributed by atoms with Gasteiger partial charge in [-0.25, -0.2) is 0 Å². The van der Waals surface area contributed by atoms with Crippen molar-refractivity contribution in [3.63, 3.8) is 0 Å². The molecule has 0 heterocycles. The van der Waals surface area contributed by atoms with Crippen molar-refractivity contribution in [2.75, 3.05) is 0 Å². The molecule has 0 bridgehead atoms. The predicted octanol–water partition coefficient (Wildman–Crippen LogP) is 4.71. The number of hydrogen-bond donors (Lipinski definition) is 0. The van der Waals surface area contributed by atoms with Crippen molar-refractivity contribution in [1.82, 2.24) is 0 Å². The first kappa shape index (κ1) is 16.6. The van der Waals surface area contributed by atoms with Crippen LogP contribution in [0.25, 0.3) is 0 Å². The van der Waals surface area contributed by atoms with E-state index in [1.54, 1.807) is 0 Å². The molecule has 0 radical (unpaired) electrons. The average Bonchev–Trinajstić information content (AvgIpc) is 2.38. The van der Waals surface area contributed by atoms with Crippen LogP contribution < -0.4 is 0 Å². The van der Waals surface area contributed by atoms with Crippen LogP contribution in [0.2, 0.25) is 0 Å². The predicted molar refractivity (Wildman–Crippen MR) is 83.2 cm³/mol. The van der Waals surface area contributed by atoms with Gasteiger partial charge in [-0.1, -0.05) is 64.8 Å². The van der Waals surface area contributed by atoms with Gasteiger partial charge in [0, 0.05) is 12.0 Å². The molecule has 0 atom stereocenters. The number of hydrogen-bond acceptors (Lipinski definition) is 2. The minimum absolute atomic E-state index is 0.0403. The number of ketones is 2. The van der Waals surface area contributed by atoms with Crippen LogP contribution in [0.1, 0.15) is 75.7 Å². The Bertz CT molecular complexity index is 449. The van der Waals surface area contributed by atoms with E-state index >= 15 is 0 Å². The lowest BCUT2D eigenvalue weighted by molar-refractivity contribution is -0.118. The molecule has 1 aromatic carbocycles. The Hall–Kier alpha value is -1.44. The second-order valence-electron chi connectivity index (χ2n) is 6.42. The lowest BCUT2D eigenvalue weighted by Crippen LogP contribution is -2.12. The molecule has 0 N–H and O–H groups in total. The molecule has 0 aromatic heterocycles. The Balaban J connectivity index is 2.58. The summed E-state index contributed by atoms with van der Waals surface area (Å²) in [6, 6.07) is 7.63. The van der Waals surface area contributed by atoms with Crippen LogP contribution in [0.15, 0.2) is 24.3 Å². The van der Waals surface area contributed by atoms with Gasteiger partial charge in [0.05, 0.1) is 6.42 Å². The number of carbonyl (C=O) groups is 2. The lowest BCUT2D eigenvalue weighted by atomic mass is 9.86. The van der Waals surface area contributed by atoms with Crippen molar-refractivity contribution in [2.24, 2.45) is 0 Å². The third kappa shape index (κ3) is 5.28. The van der Waals surface area contributed by atoms with E-state index in [1.165, 1.54) is 5.56 Å². The first-order chi connectivity index (χ1) is 9.34. The SMILES string of the molecule is CCCCCC(=O)CC(=O)c1ccc(C(C)(C)C)cc1. The molecule has 0 saturated carbocycles. The minimum Gasteiger partial charge on any atom is -0.299 e. The van der Waals surface area contributed by atoms with Gasteiger partial charge < -0.3 is 0 Å². The molecule has 110 valence electrons. The van der Waals surface area contributed by atoms with Gasteiger partial charge in [-0.3, -0.25) is 9.59 Å². The quantitative estimate of drug-likeness (QED) is 0.410. The highest BCUT2D eigenvalue weighted by Gasteiger charge is 2.15. The molecule has 2 nitrogen and oxygen atoms in total. The van der Waals surface area contributed by atoms with Crippen LogP contribution in [0.3, 0.4) is 0 Å². The largest absolute Gasteiger partial charge is 0.299 e. The number of Topliss-reactive ketones (excluding diaryl/α,β-unsaturated/α-hetero) is 2. The van der Waals surface area contributed by atoms with Gasteiger partial charge in [0.25, 0.3) is 0 Å². The summed E-state index contributed by atoms with van der Waals surface area (Å²) in [7, 11) is 0. The smallest absolute Gasteiger partial charge is 0.170 e. The van der Waals surface area contributed by atoms with E-state index in [4.69, 9.17) is 0 Å². The van der Waals surface area contributed by atoms with Crippen LogP contribution in [-0.2, 0) is 10.2 Å². The second kappa shape index (κ2) is 7.37. The first-order valence-electron chi connectivity index (χ1n) is 7.50. The zero-order chi connectivity index (χ0) is 15.2. The zero-order valence-corrected chi connectivity index (χ0v) is 13.2. The number of carbonyl (C=O) groups excluding carboxylic acids is 2. The van der Waals surface area contributed by atoms with E-state index in [0.29, 0.717) is 12.0 Å². The van der Waals surface area contributed by atoms with E-state index in [0.717, 1.165) is 19.3 Å². The van der Waals surface area contributed by atoms with Crippen LogP contribution in [0.5, 0.6) is 0 Å². The van der Waals surface area contributed by atoms with Gasteiger partial charge in [-0.2, -0.15) is 0 Å². The van der Waals surface area contributed by atoms with Gasteiger partial charge in [0.1, 0.15) is 5.78 Å². The van der Waals surface area contributed by atoms with Crippen molar-refractivity contribution in [1.29, 1.82) is 0 Å². The highest BCUT2D eigenvalue weighted by Crippen LogP contribution is 2.22. The fourth-order valence-corrected chi connectivity index (χ4v) is 2.10. The molecule has 20 heavy (non-hydrogen) atoms. The fourth-order valence-electron chi connectivity index (χ4n) is 2.10. The molecule has 0 spiro atoms. The molecule has 0 aliphatic heterocycles. The van der Waals surface area contributed by atoms with E-state index in [1.807, 2.05) is 24.3 Å². The Kier molecular flexibility index (Phi) is 6.12. The molecule has 2 heteroatoms. The molecule has 0 unspecified atom stereocenters. The van der Waals surface area contributed by atoms with E-state index in [-0.39, 0.29) is 23.4 Å². The summed E-state index contributed by atoms with van der Waals surface area (Å²) >= 11 is 0. The highest BCUT2D eigenvalue weighted by molar-refractivity contribution is 6.07. The maximum Gasteiger partial charge on any atom is 0.170 e. The van der Waals surface area contributed by atoms with Crippen molar-refractivity contribution in [3.8, 4) is 0 Å². The monoisotopic (exact) mass is 274 g/mol. The third-order valence-electron chi connectivity index (χ3n) is 3.49. The molecular weight excluding hydrogens is 248 g/mol. The summed E-state index contributed by atoms with van der Waals surface area (Å²) in [6.45, 7) is 8.52. The number of benzene rings is 1. The summed E-state index contributed by atoms with van der Waals surface area (Å²) in [5.41, 5.74) is 1.92. The molecular formula is C18H26O2. The molecule has 1 aromatic rings. The number of unbranched alkanes of at least 4 members (excludes halogenated alkanes) is 2. The normalized spacial score (nSPS) is 11.4. The topological polar surface area (TPSA) is 34.1 Å². The van der Waals surface area contributed by atoms with Gasteiger partial charge >= 0.3 is 0 Å². The van der Waals surface area contributed by atoms with Gasteiger partial charge in [-0.15, -0.1) is 0 Å². The van der Waals surface area contributed by atoms with E-state index in [9.17, 15) is 9.59 Å². The second-order valence-corrected chi connectivity index (χ2v) is 6.42. The van der Waals surface area contributed by atoms with Crippen LogP contribution >= 0.6 is 0 Å². The molecule has 0 amide bonds. The third-order valence-corrected chi connectivity index (χ3v) is 3.49. The fraction of sp³-hybridized carbons (Fsp3) is 0.556. The van der Waals surface area contributed by atoms with Gasteiger partial charge in [0.2, 0.25) is 0 Å². The number of rotatable bonds is 7. The van der Waals surface area contributed by atoms with E-state index < -0.39 is 0 Å². The first-order valence-corrected chi connectivity index (χ1v) is 7.50. The standard InChI is InChI=1S/C18H26O2/c1-5-6-7-8-16(19)13-17(20)14-9-11-15(12-10-14)18(2,3)4/h9-12H,5-8,13H2,1-4H3. The van der Waals surface area contributed by atoms with Gasteiger partial charge in [-0.05, 0) is 17.4 Å². The summed E-state index contributed by atoms with van der Waals surface area (Å²) in [6.07, 6.45) is 3.61. The highest BCUT2D eigenvalue weighted by atomic mass is 16.1. The molecule has 1 rings (SSSR count). The summed E-state index contributed by atoms with van der Waals surface area (Å²) in [5, 5.41) is 0. The van der Waals surface area contributed by atoms with Crippen molar-refractivity contribution in [2.45, 2.75) is 65.2 Å². The van der Waals surface area contributed by atoms with Crippen molar-refractivity contribution >= 4 is 11.6 Å². The summed E-state index contributed by atoms with van der Waals surface area (Å²) in [4.78, 5) is 23.7. The van der Waals surface area contributed by atoms with Crippen molar-refractivity contribution in [3.05, 3.63) is 35.4 Å². The Morgan fingerprint density at radius 3 is 2.10 bits per heavy atom. The Labute approximate surface area is 122 Å². The zero-order valence-electron chi connectivity index (χ0n) is 13.2. The Morgan fingerprint density at radius 1 is 1.00 bits per heavy atom. The Morgan fingerprint density at radius 2 is 1.60 bits per heavy atom. The maximum absolute atomic E-state index is 12.0. The summed E-state index contributed by atoms with van der Waals surface area (Å²) < 4.78 is 0. The maximum atomic E-state index is 12.0. The van der Waals surface area contributed by atoms with Crippen LogP contribution in [0.4, 0.5) is 0 Å². The van der Waals surface area contributed by atoms with E-state index in [2.05, 4.69) is 27.7 Å². The van der Waals surface area contributed by atoms with Gasteiger partial charge in [0.15, 0.2) is 5.78 Å². The average molecular weight is 274 g/mol. The van der Waals surface area contributed by atoms with Crippen LogP contribution in [0, 0.1) is 0 Å². The van der Waals surface area contributed by atoms with Crippen molar-refractivity contribution < 1.29 is 9.59 Å².